The summed E-state index contributed by atoms with van der Waals surface area (Å²) < 4.78 is 5.29. The van der Waals surface area contributed by atoms with Gasteiger partial charge < -0.3 is 14.5 Å². The molecule has 0 atom stereocenters. The van der Waals surface area contributed by atoms with Crippen LogP contribution < -0.4 is 0 Å². The van der Waals surface area contributed by atoms with E-state index in [1.807, 2.05) is 9.80 Å². The second-order valence-electron chi connectivity index (χ2n) is 6.93. The molecule has 0 unspecified atom stereocenters. The molecule has 3 rings (SSSR count). The first-order chi connectivity index (χ1) is 11.2. The van der Waals surface area contributed by atoms with Crippen LogP contribution in [0.4, 0.5) is 0 Å². The van der Waals surface area contributed by atoms with Crippen molar-refractivity contribution < 1.29 is 14.3 Å². The van der Waals surface area contributed by atoms with Crippen LogP contribution in [0.5, 0.6) is 0 Å². The maximum atomic E-state index is 12.5. The van der Waals surface area contributed by atoms with Gasteiger partial charge in [-0.3, -0.25) is 14.5 Å². The predicted octanol–water partition coefficient (Wildman–Crippen LogP) is 0.570. The van der Waals surface area contributed by atoms with Crippen molar-refractivity contribution in [2.75, 3.05) is 59.0 Å². The lowest BCUT2D eigenvalue weighted by molar-refractivity contribution is -0.140. The molecule has 2 amide bonds. The standard InChI is InChI=1S/C17H29N3O3/c21-16(19-10-12-23-13-11-19)14-18-6-8-20(9-7-18)17(22)15-4-2-1-3-5-15/h15H,1-14H2. The van der Waals surface area contributed by atoms with Crippen LogP contribution in [-0.2, 0) is 14.3 Å². The van der Waals surface area contributed by atoms with Crippen molar-refractivity contribution in [2.24, 2.45) is 5.92 Å². The average Bonchev–Trinajstić information content (AvgIpc) is 2.63. The molecule has 23 heavy (non-hydrogen) atoms. The molecular weight excluding hydrogens is 294 g/mol. The monoisotopic (exact) mass is 323 g/mol. The smallest absolute Gasteiger partial charge is 0.236 e. The van der Waals surface area contributed by atoms with E-state index in [1.54, 1.807) is 0 Å². The number of carbonyl (C=O) groups is 2. The summed E-state index contributed by atoms with van der Waals surface area (Å²) in [6, 6.07) is 0. The molecule has 2 heterocycles. The van der Waals surface area contributed by atoms with Crippen molar-refractivity contribution in [1.82, 2.24) is 14.7 Å². The van der Waals surface area contributed by atoms with E-state index in [0.717, 1.165) is 39.0 Å². The molecule has 0 bridgehead atoms. The molecule has 6 nitrogen and oxygen atoms in total. The fourth-order valence-corrected chi connectivity index (χ4v) is 3.84. The lowest BCUT2D eigenvalue weighted by Gasteiger charge is -2.37. The topological polar surface area (TPSA) is 53.1 Å². The highest BCUT2D eigenvalue weighted by Gasteiger charge is 2.29. The van der Waals surface area contributed by atoms with Gasteiger partial charge in [0.15, 0.2) is 0 Å². The number of nitrogens with zero attached hydrogens (tertiary/aromatic N) is 3. The normalized spacial score (nSPS) is 24.7. The summed E-state index contributed by atoms with van der Waals surface area (Å²) in [5.41, 5.74) is 0. The molecule has 0 spiro atoms. The van der Waals surface area contributed by atoms with Crippen molar-refractivity contribution in [3.63, 3.8) is 0 Å². The average molecular weight is 323 g/mol. The van der Waals surface area contributed by atoms with Gasteiger partial charge in [0.05, 0.1) is 19.8 Å². The minimum atomic E-state index is 0.195. The van der Waals surface area contributed by atoms with Crippen LogP contribution in [0.3, 0.4) is 0 Å². The molecule has 0 aromatic rings. The Bertz CT molecular complexity index is 409. The van der Waals surface area contributed by atoms with Gasteiger partial charge in [-0.15, -0.1) is 0 Å². The van der Waals surface area contributed by atoms with Gasteiger partial charge in [-0.05, 0) is 12.8 Å². The second kappa shape index (κ2) is 8.11. The van der Waals surface area contributed by atoms with E-state index in [4.69, 9.17) is 4.74 Å². The molecule has 3 aliphatic rings. The number of amides is 2. The lowest BCUT2D eigenvalue weighted by atomic mass is 9.88. The van der Waals surface area contributed by atoms with Crippen molar-refractivity contribution in [3.05, 3.63) is 0 Å². The molecule has 6 heteroatoms. The Morgan fingerprint density at radius 1 is 0.826 bits per heavy atom. The Hall–Kier alpha value is -1.14. The van der Waals surface area contributed by atoms with Gasteiger partial charge in [0.1, 0.15) is 0 Å². The summed E-state index contributed by atoms with van der Waals surface area (Å²) in [7, 11) is 0. The van der Waals surface area contributed by atoms with E-state index in [9.17, 15) is 9.59 Å². The third kappa shape index (κ3) is 4.44. The molecule has 3 fully saturated rings. The summed E-state index contributed by atoms with van der Waals surface area (Å²) in [4.78, 5) is 30.9. The second-order valence-corrected chi connectivity index (χ2v) is 6.93. The Morgan fingerprint density at radius 3 is 2.13 bits per heavy atom. The number of morpholine rings is 1. The van der Waals surface area contributed by atoms with E-state index in [1.165, 1.54) is 19.3 Å². The van der Waals surface area contributed by atoms with Crippen LogP contribution in [0.25, 0.3) is 0 Å². The Kier molecular flexibility index (Phi) is 5.89. The van der Waals surface area contributed by atoms with Crippen molar-refractivity contribution >= 4 is 11.8 Å². The highest BCUT2D eigenvalue weighted by Crippen LogP contribution is 2.25. The Labute approximate surface area is 138 Å². The number of ether oxygens (including phenoxy) is 1. The van der Waals surface area contributed by atoms with Crippen molar-refractivity contribution in [1.29, 1.82) is 0 Å². The molecule has 0 aromatic carbocycles. The summed E-state index contributed by atoms with van der Waals surface area (Å²) in [6.45, 7) is 6.36. The van der Waals surface area contributed by atoms with Gasteiger partial charge in [-0.1, -0.05) is 19.3 Å². The number of piperazine rings is 1. The Balaban J connectivity index is 1.41. The van der Waals surface area contributed by atoms with Gasteiger partial charge in [0, 0.05) is 45.2 Å². The maximum Gasteiger partial charge on any atom is 0.236 e. The minimum absolute atomic E-state index is 0.195. The summed E-state index contributed by atoms with van der Waals surface area (Å²) in [5.74, 6) is 0.800. The SMILES string of the molecule is O=C(CN1CCN(C(=O)C2CCCCC2)CC1)N1CCOCC1. The van der Waals surface area contributed by atoms with Gasteiger partial charge in [-0.25, -0.2) is 0 Å². The summed E-state index contributed by atoms with van der Waals surface area (Å²) >= 11 is 0. The van der Waals surface area contributed by atoms with E-state index in [0.29, 0.717) is 38.8 Å². The quantitative estimate of drug-likeness (QED) is 0.762. The Morgan fingerprint density at radius 2 is 1.48 bits per heavy atom. The fourth-order valence-electron chi connectivity index (χ4n) is 3.84. The molecule has 0 radical (unpaired) electrons. The van der Waals surface area contributed by atoms with E-state index >= 15 is 0 Å². The first kappa shape index (κ1) is 16.7. The molecule has 130 valence electrons. The first-order valence-electron chi connectivity index (χ1n) is 9.11. The predicted molar refractivity (Wildman–Crippen MR) is 87.0 cm³/mol. The largest absolute Gasteiger partial charge is 0.378 e. The highest BCUT2D eigenvalue weighted by atomic mass is 16.5. The number of hydrogen-bond acceptors (Lipinski definition) is 4. The van der Waals surface area contributed by atoms with Gasteiger partial charge in [0.2, 0.25) is 11.8 Å². The lowest BCUT2D eigenvalue weighted by Crippen LogP contribution is -2.53. The van der Waals surface area contributed by atoms with Crippen LogP contribution in [0.15, 0.2) is 0 Å². The molecule has 1 aliphatic carbocycles. The number of rotatable bonds is 3. The molecule has 0 aromatic heterocycles. The third-order valence-corrected chi connectivity index (χ3v) is 5.36. The molecule has 2 saturated heterocycles. The van der Waals surface area contributed by atoms with Crippen LogP contribution in [0.1, 0.15) is 32.1 Å². The maximum absolute atomic E-state index is 12.5. The van der Waals surface area contributed by atoms with Crippen LogP contribution in [0, 0.1) is 5.92 Å². The summed E-state index contributed by atoms with van der Waals surface area (Å²) in [5, 5.41) is 0. The molecule has 2 aliphatic heterocycles. The highest BCUT2D eigenvalue weighted by molar-refractivity contribution is 5.79. The fraction of sp³-hybridized carbons (Fsp3) is 0.882. The first-order valence-corrected chi connectivity index (χ1v) is 9.11. The third-order valence-electron chi connectivity index (χ3n) is 5.36. The minimum Gasteiger partial charge on any atom is -0.378 e. The zero-order valence-corrected chi connectivity index (χ0v) is 14.0. The zero-order chi connectivity index (χ0) is 16.1. The van der Waals surface area contributed by atoms with E-state index in [2.05, 4.69) is 4.90 Å². The van der Waals surface area contributed by atoms with Crippen molar-refractivity contribution in [2.45, 2.75) is 32.1 Å². The zero-order valence-electron chi connectivity index (χ0n) is 14.0. The van der Waals surface area contributed by atoms with Crippen LogP contribution in [-0.4, -0.2) is 85.5 Å². The van der Waals surface area contributed by atoms with Crippen LogP contribution in [0.2, 0.25) is 0 Å². The molecule has 1 saturated carbocycles. The van der Waals surface area contributed by atoms with Gasteiger partial charge in [-0.2, -0.15) is 0 Å². The van der Waals surface area contributed by atoms with Gasteiger partial charge in [0.25, 0.3) is 0 Å². The summed E-state index contributed by atoms with van der Waals surface area (Å²) in [6.07, 6.45) is 5.80. The van der Waals surface area contributed by atoms with E-state index in [-0.39, 0.29) is 11.8 Å². The van der Waals surface area contributed by atoms with Gasteiger partial charge >= 0.3 is 0 Å². The number of hydrogen-bond donors (Lipinski definition) is 0. The molecular formula is C17H29N3O3. The molecule has 0 N–H and O–H groups in total. The van der Waals surface area contributed by atoms with Crippen molar-refractivity contribution in [3.8, 4) is 0 Å². The van der Waals surface area contributed by atoms with E-state index < -0.39 is 0 Å². The van der Waals surface area contributed by atoms with Crippen LogP contribution >= 0.6 is 0 Å². The number of carbonyl (C=O) groups excluding carboxylic acids is 2.